The second-order valence-corrected chi connectivity index (χ2v) is 6.57. The van der Waals surface area contributed by atoms with E-state index in [0.717, 1.165) is 0 Å². The van der Waals surface area contributed by atoms with Crippen molar-refractivity contribution < 1.29 is 0 Å². The molecule has 0 aromatic heterocycles. The summed E-state index contributed by atoms with van der Waals surface area (Å²) < 4.78 is 0. The molecule has 0 bridgehead atoms. The SMILES string of the molecule is CCN(CC)CC[SiH](C)C. The maximum Gasteiger partial charge on any atom is 0.0318 e. The first-order chi connectivity index (χ1) is 4.70. The molecule has 0 unspecified atom stereocenters. The molecule has 0 aliphatic heterocycles. The molecule has 0 rings (SSSR count). The lowest BCUT2D eigenvalue weighted by atomic mass is 10.5. The van der Waals surface area contributed by atoms with Gasteiger partial charge in [-0.05, 0) is 25.7 Å². The normalized spacial score (nSPS) is 11.4. The van der Waals surface area contributed by atoms with Gasteiger partial charge in [0.1, 0.15) is 0 Å². The van der Waals surface area contributed by atoms with Gasteiger partial charge in [0.05, 0.1) is 0 Å². The molecule has 62 valence electrons. The first-order valence-corrected chi connectivity index (χ1v) is 7.55. The summed E-state index contributed by atoms with van der Waals surface area (Å²) in [6, 6.07) is 1.47. The van der Waals surface area contributed by atoms with Crippen LogP contribution in [0.5, 0.6) is 0 Å². The molecule has 10 heavy (non-hydrogen) atoms. The Morgan fingerprint density at radius 3 is 1.90 bits per heavy atom. The summed E-state index contributed by atoms with van der Waals surface area (Å²) in [6.07, 6.45) is 0. The highest BCUT2D eigenvalue weighted by Gasteiger charge is 2.00. The van der Waals surface area contributed by atoms with Crippen molar-refractivity contribution in [2.75, 3.05) is 19.6 Å². The topological polar surface area (TPSA) is 3.24 Å². The van der Waals surface area contributed by atoms with Gasteiger partial charge in [0, 0.05) is 8.80 Å². The van der Waals surface area contributed by atoms with Crippen LogP contribution in [0.25, 0.3) is 0 Å². The summed E-state index contributed by atoms with van der Waals surface area (Å²) in [4.78, 5) is 2.51. The Bertz CT molecular complexity index is 69.7. The van der Waals surface area contributed by atoms with Gasteiger partial charge in [-0.15, -0.1) is 0 Å². The average molecular weight is 159 g/mol. The van der Waals surface area contributed by atoms with Crippen LogP contribution in [0.4, 0.5) is 0 Å². The molecule has 0 aromatic rings. The van der Waals surface area contributed by atoms with Crippen molar-refractivity contribution in [3.8, 4) is 0 Å². The van der Waals surface area contributed by atoms with E-state index in [9.17, 15) is 0 Å². The van der Waals surface area contributed by atoms with Gasteiger partial charge >= 0.3 is 0 Å². The predicted octanol–water partition coefficient (Wildman–Crippen LogP) is 1.81. The third-order valence-electron chi connectivity index (χ3n) is 1.92. The largest absolute Gasteiger partial charge is 0.304 e. The van der Waals surface area contributed by atoms with Crippen molar-refractivity contribution in [3.63, 3.8) is 0 Å². The van der Waals surface area contributed by atoms with Gasteiger partial charge in [0.15, 0.2) is 0 Å². The van der Waals surface area contributed by atoms with Crippen molar-refractivity contribution in [2.45, 2.75) is 33.0 Å². The van der Waals surface area contributed by atoms with E-state index in [-0.39, 0.29) is 8.80 Å². The zero-order valence-corrected chi connectivity index (χ0v) is 9.01. The standard InChI is InChI=1S/C8H21NSi/c1-5-9(6-2)7-8-10(3)4/h10H,5-8H2,1-4H3. The first kappa shape index (κ1) is 10.2. The van der Waals surface area contributed by atoms with Crippen LogP contribution in [0.15, 0.2) is 0 Å². The number of rotatable bonds is 5. The number of hydrogen-bond acceptors (Lipinski definition) is 1. The summed E-state index contributed by atoms with van der Waals surface area (Å²) in [5.41, 5.74) is 0. The fraction of sp³-hybridized carbons (Fsp3) is 1.00. The van der Waals surface area contributed by atoms with Crippen LogP contribution in [-0.4, -0.2) is 33.3 Å². The highest BCUT2D eigenvalue weighted by Crippen LogP contribution is 1.95. The smallest absolute Gasteiger partial charge is 0.0318 e. The minimum Gasteiger partial charge on any atom is -0.304 e. The maximum absolute atomic E-state index is 2.51. The van der Waals surface area contributed by atoms with Gasteiger partial charge < -0.3 is 4.90 Å². The zero-order chi connectivity index (χ0) is 7.98. The molecule has 1 nitrogen and oxygen atoms in total. The van der Waals surface area contributed by atoms with Crippen LogP contribution in [0.1, 0.15) is 13.8 Å². The van der Waals surface area contributed by atoms with Crippen LogP contribution < -0.4 is 0 Å². The molecule has 0 aromatic carbocycles. The van der Waals surface area contributed by atoms with E-state index < -0.39 is 0 Å². The lowest BCUT2D eigenvalue weighted by Gasteiger charge is -2.18. The molecular weight excluding hydrogens is 138 g/mol. The second kappa shape index (κ2) is 5.92. The Morgan fingerprint density at radius 2 is 1.60 bits per heavy atom. The highest BCUT2D eigenvalue weighted by molar-refractivity contribution is 6.55. The molecule has 0 atom stereocenters. The molecule has 0 amide bonds. The predicted molar refractivity (Wildman–Crippen MR) is 51.5 cm³/mol. The Kier molecular flexibility index (Phi) is 6.03. The highest BCUT2D eigenvalue weighted by atomic mass is 28.3. The van der Waals surface area contributed by atoms with Gasteiger partial charge in [-0.25, -0.2) is 0 Å². The number of hydrogen-bond donors (Lipinski definition) is 0. The summed E-state index contributed by atoms with van der Waals surface area (Å²) in [5.74, 6) is 0. The van der Waals surface area contributed by atoms with E-state index in [0.29, 0.717) is 0 Å². The Balaban J connectivity index is 3.26. The van der Waals surface area contributed by atoms with E-state index in [1.54, 1.807) is 0 Å². The number of nitrogens with zero attached hydrogens (tertiary/aromatic N) is 1. The monoisotopic (exact) mass is 159 g/mol. The average Bonchev–Trinajstić information content (AvgIpc) is 1.90. The van der Waals surface area contributed by atoms with Gasteiger partial charge in [-0.3, -0.25) is 0 Å². The van der Waals surface area contributed by atoms with Crippen LogP contribution >= 0.6 is 0 Å². The van der Waals surface area contributed by atoms with E-state index in [4.69, 9.17) is 0 Å². The Morgan fingerprint density at radius 1 is 1.10 bits per heavy atom. The van der Waals surface area contributed by atoms with Crippen molar-refractivity contribution in [1.82, 2.24) is 4.90 Å². The van der Waals surface area contributed by atoms with Gasteiger partial charge in [-0.1, -0.05) is 26.9 Å². The van der Waals surface area contributed by atoms with Crippen LogP contribution in [-0.2, 0) is 0 Å². The van der Waals surface area contributed by atoms with Crippen molar-refractivity contribution >= 4 is 8.80 Å². The molecule has 0 N–H and O–H groups in total. The fourth-order valence-electron chi connectivity index (χ4n) is 0.981. The zero-order valence-electron chi connectivity index (χ0n) is 7.85. The lowest BCUT2D eigenvalue weighted by molar-refractivity contribution is 0.320. The van der Waals surface area contributed by atoms with Gasteiger partial charge in [0.25, 0.3) is 0 Å². The van der Waals surface area contributed by atoms with E-state index in [1.165, 1.54) is 25.7 Å². The third-order valence-corrected chi connectivity index (χ3v) is 3.33. The quantitative estimate of drug-likeness (QED) is 0.553. The van der Waals surface area contributed by atoms with E-state index in [2.05, 4.69) is 31.8 Å². The minimum absolute atomic E-state index is 0.296. The maximum atomic E-state index is 2.51. The molecule has 0 saturated carbocycles. The van der Waals surface area contributed by atoms with Gasteiger partial charge in [-0.2, -0.15) is 0 Å². The van der Waals surface area contributed by atoms with Crippen molar-refractivity contribution in [1.29, 1.82) is 0 Å². The summed E-state index contributed by atoms with van der Waals surface area (Å²) in [6.45, 7) is 13.1. The van der Waals surface area contributed by atoms with Gasteiger partial charge in [0.2, 0.25) is 0 Å². The van der Waals surface area contributed by atoms with E-state index in [1.807, 2.05) is 0 Å². The van der Waals surface area contributed by atoms with Crippen LogP contribution in [0.3, 0.4) is 0 Å². The first-order valence-electron chi connectivity index (χ1n) is 4.43. The summed E-state index contributed by atoms with van der Waals surface area (Å²) in [5, 5.41) is 0. The second-order valence-electron chi connectivity index (χ2n) is 3.21. The molecule has 0 fully saturated rings. The molecule has 2 heteroatoms. The molecular formula is C8H21NSi. The molecule has 0 radical (unpaired) electrons. The van der Waals surface area contributed by atoms with Crippen molar-refractivity contribution in [2.24, 2.45) is 0 Å². The fourth-order valence-corrected chi connectivity index (χ4v) is 1.86. The molecule has 0 aliphatic carbocycles. The lowest BCUT2D eigenvalue weighted by Crippen LogP contribution is -2.25. The molecule has 0 saturated heterocycles. The van der Waals surface area contributed by atoms with E-state index >= 15 is 0 Å². The Labute approximate surface area is 67.0 Å². The summed E-state index contributed by atoms with van der Waals surface area (Å²) in [7, 11) is -0.296. The van der Waals surface area contributed by atoms with Crippen LogP contribution in [0.2, 0.25) is 19.1 Å². The third kappa shape index (κ3) is 5.00. The Hall–Kier alpha value is 0.177. The molecule has 0 heterocycles. The molecule has 0 spiro atoms. The summed E-state index contributed by atoms with van der Waals surface area (Å²) >= 11 is 0. The van der Waals surface area contributed by atoms with Crippen LogP contribution in [0, 0.1) is 0 Å². The molecule has 0 aliphatic rings. The minimum atomic E-state index is -0.296. The van der Waals surface area contributed by atoms with Crippen molar-refractivity contribution in [3.05, 3.63) is 0 Å².